The average molecular weight is 825 g/mol. The van der Waals surface area contributed by atoms with Crippen molar-refractivity contribution < 1.29 is 28.1 Å². The van der Waals surface area contributed by atoms with E-state index in [4.69, 9.17) is 33.9 Å². The van der Waals surface area contributed by atoms with Crippen molar-refractivity contribution in [1.82, 2.24) is 24.4 Å². The molecule has 59 heavy (non-hydrogen) atoms. The molecule has 0 unspecified atom stereocenters. The van der Waals surface area contributed by atoms with E-state index in [2.05, 4.69) is 67.4 Å². The highest BCUT2D eigenvalue weighted by atomic mass is 28.3. The number of ketones is 1. The second-order valence-corrected chi connectivity index (χ2v) is 23.7. The molecule has 5 heterocycles. The van der Waals surface area contributed by atoms with Crippen LogP contribution in [0.1, 0.15) is 121 Å². The number of anilines is 1. The molecule has 2 aromatic carbocycles. The lowest BCUT2D eigenvalue weighted by molar-refractivity contribution is 0.0511. The Labute approximate surface area is 349 Å². The van der Waals surface area contributed by atoms with Gasteiger partial charge in [0.25, 0.3) is 0 Å². The number of rotatable bonds is 13. The number of carbonyl (C=O) groups excluding carboxylic acids is 1. The summed E-state index contributed by atoms with van der Waals surface area (Å²) in [5.41, 5.74) is 6.41. The van der Waals surface area contributed by atoms with Crippen LogP contribution in [0.3, 0.4) is 0 Å². The van der Waals surface area contributed by atoms with Crippen LogP contribution in [0.2, 0.25) is 16.6 Å². The standard InChI is InChI=1S/C46H61FN6O5Si/c1-30(2)59(31(3)4,32(5)6)25-16-36-38(47)15-14-33-26-35(58-29-55-7)27-37(39(33)36)41(54)44-48-42-40(53(44)34-12-8-13-34)43(51-19-11-23-56-24-22-51)50-45(49-42)57-28-46-17-9-20-52(46)21-10-18-46/h14-15,26-27,30-32,34H,8-13,17-24,28-29H2,1-7H3. The average Bonchev–Trinajstić information content (AvgIpc) is 3.81. The molecule has 2 aromatic heterocycles. The van der Waals surface area contributed by atoms with Gasteiger partial charge in [0, 0.05) is 43.8 Å². The van der Waals surface area contributed by atoms with Gasteiger partial charge in [0.2, 0.25) is 5.78 Å². The summed E-state index contributed by atoms with van der Waals surface area (Å²) in [4.78, 5) is 35.5. The first-order valence-electron chi connectivity index (χ1n) is 21.9. The van der Waals surface area contributed by atoms with Gasteiger partial charge in [-0.25, -0.2) is 9.37 Å². The highest BCUT2D eigenvalue weighted by Crippen LogP contribution is 2.43. The molecule has 13 heteroatoms. The lowest BCUT2D eigenvalue weighted by atomic mass is 9.91. The van der Waals surface area contributed by atoms with Crippen LogP contribution in [-0.4, -0.2) is 104 Å². The zero-order chi connectivity index (χ0) is 41.5. The molecule has 4 aromatic rings. The maximum Gasteiger partial charge on any atom is 0.320 e. The van der Waals surface area contributed by atoms with Crippen LogP contribution in [0, 0.1) is 17.3 Å². The third-order valence-corrected chi connectivity index (χ3v) is 20.1. The summed E-state index contributed by atoms with van der Waals surface area (Å²) in [6, 6.07) is 6.95. The SMILES string of the molecule is COCOc1cc(C(=O)c2nc3nc(OCC45CCCN4CCC5)nc(N4CCCOCC4)c3n2C2CCC2)c2c(C#C[Si](C(C)C)(C(C)C)C(C)C)c(F)ccc2c1. The van der Waals surface area contributed by atoms with Gasteiger partial charge in [0.15, 0.2) is 24.1 Å². The molecule has 0 amide bonds. The van der Waals surface area contributed by atoms with Gasteiger partial charge in [-0.2, -0.15) is 9.97 Å². The number of fused-ring (bicyclic) bond motifs is 3. The van der Waals surface area contributed by atoms with Crippen molar-refractivity contribution in [2.45, 2.75) is 121 Å². The van der Waals surface area contributed by atoms with Crippen LogP contribution in [0.5, 0.6) is 11.8 Å². The van der Waals surface area contributed by atoms with Crippen LogP contribution in [0.15, 0.2) is 24.3 Å². The summed E-state index contributed by atoms with van der Waals surface area (Å²) >= 11 is 0. The molecule has 4 fully saturated rings. The summed E-state index contributed by atoms with van der Waals surface area (Å²) in [7, 11) is -0.719. The van der Waals surface area contributed by atoms with Gasteiger partial charge in [-0.15, -0.1) is 5.54 Å². The minimum atomic E-state index is -2.27. The van der Waals surface area contributed by atoms with Crippen molar-refractivity contribution in [3.8, 4) is 23.2 Å². The third-order valence-electron chi connectivity index (χ3n) is 13.9. The van der Waals surface area contributed by atoms with E-state index in [1.165, 1.54) is 18.9 Å². The van der Waals surface area contributed by atoms with Gasteiger partial charge in [-0.1, -0.05) is 53.5 Å². The van der Waals surface area contributed by atoms with Crippen LogP contribution >= 0.6 is 0 Å². The molecule has 316 valence electrons. The minimum Gasteiger partial charge on any atom is -0.468 e. The third kappa shape index (κ3) is 7.64. The Morgan fingerprint density at radius 2 is 1.68 bits per heavy atom. The summed E-state index contributed by atoms with van der Waals surface area (Å²) < 4.78 is 42.1. The highest BCUT2D eigenvalue weighted by molar-refractivity contribution is 6.90. The Morgan fingerprint density at radius 3 is 2.36 bits per heavy atom. The van der Waals surface area contributed by atoms with Crippen molar-refractivity contribution >= 4 is 41.6 Å². The topological polar surface area (TPSA) is 104 Å². The quantitative estimate of drug-likeness (QED) is 0.0562. The fourth-order valence-electron chi connectivity index (χ4n) is 10.7. The highest BCUT2D eigenvalue weighted by Gasteiger charge is 2.45. The Bertz CT molecular complexity index is 2220. The van der Waals surface area contributed by atoms with E-state index in [1.807, 2.05) is 6.07 Å². The molecule has 1 aliphatic carbocycles. The smallest absolute Gasteiger partial charge is 0.320 e. The molecule has 0 atom stereocenters. The van der Waals surface area contributed by atoms with Crippen molar-refractivity contribution in [3.63, 3.8) is 0 Å². The van der Waals surface area contributed by atoms with Crippen molar-refractivity contribution in [1.29, 1.82) is 0 Å². The van der Waals surface area contributed by atoms with Crippen LogP contribution in [0.4, 0.5) is 10.2 Å². The van der Waals surface area contributed by atoms with E-state index in [-0.39, 0.29) is 47.1 Å². The second-order valence-electron chi connectivity index (χ2n) is 18.1. The molecular formula is C46H61FN6O5Si. The predicted octanol–water partition coefficient (Wildman–Crippen LogP) is 8.86. The molecule has 0 bridgehead atoms. The number of carbonyl (C=O) groups is 1. The Hall–Kier alpha value is -4.09. The molecule has 0 radical (unpaired) electrons. The van der Waals surface area contributed by atoms with Gasteiger partial charge in [-0.05, 0) is 105 Å². The lowest BCUT2D eigenvalue weighted by Crippen LogP contribution is -2.43. The number of benzene rings is 2. The first-order valence-corrected chi connectivity index (χ1v) is 24.2. The van der Waals surface area contributed by atoms with E-state index in [9.17, 15) is 0 Å². The number of nitrogens with zero attached hydrogens (tertiary/aromatic N) is 6. The fourth-order valence-corrected chi connectivity index (χ4v) is 15.9. The van der Waals surface area contributed by atoms with Crippen LogP contribution < -0.4 is 14.4 Å². The van der Waals surface area contributed by atoms with E-state index in [0.717, 1.165) is 63.7 Å². The van der Waals surface area contributed by atoms with E-state index >= 15 is 9.18 Å². The first kappa shape index (κ1) is 41.6. The fraction of sp³-hybridized carbons (Fsp3) is 0.609. The maximum absolute atomic E-state index is 16.4. The van der Waals surface area contributed by atoms with E-state index in [1.54, 1.807) is 19.2 Å². The number of imidazole rings is 1. The molecule has 4 aliphatic rings. The van der Waals surface area contributed by atoms with E-state index in [0.29, 0.717) is 71.0 Å². The van der Waals surface area contributed by atoms with Crippen LogP contribution in [0.25, 0.3) is 21.9 Å². The molecule has 1 saturated carbocycles. The largest absolute Gasteiger partial charge is 0.468 e. The van der Waals surface area contributed by atoms with Gasteiger partial charge in [0.05, 0.1) is 17.7 Å². The second kappa shape index (κ2) is 17.1. The Kier molecular flexibility index (Phi) is 12.1. The molecule has 11 nitrogen and oxygen atoms in total. The van der Waals surface area contributed by atoms with Crippen molar-refractivity contribution in [2.24, 2.45) is 0 Å². The molecule has 0 N–H and O–H groups in total. The summed E-state index contributed by atoms with van der Waals surface area (Å²) in [6.45, 7) is 18.7. The minimum absolute atomic E-state index is 0.00976. The first-order chi connectivity index (χ1) is 28.5. The number of aromatic nitrogens is 4. The maximum atomic E-state index is 16.4. The lowest BCUT2D eigenvalue weighted by Gasteiger charge is -2.38. The van der Waals surface area contributed by atoms with E-state index < -0.39 is 13.9 Å². The predicted molar refractivity (Wildman–Crippen MR) is 232 cm³/mol. The molecule has 3 aliphatic heterocycles. The van der Waals surface area contributed by atoms with Gasteiger partial charge in [-0.3, -0.25) is 9.69 Å². The number of methoxy groups -OCH3 is 1. The van der Waals surface area contributed by atoms with Gasteiger partial charge < -0.3 is 28.4 Å². The van der Waals surface area contributed by atoms with Gasteiger partial charge >= 0.3 is 6.01 Å². The summed E-state index contributed by atoms with van der Waals surface area (Å²) in [6.07, 6.45) is 8.19. The number of hydrogen-bond acceptors (Lipinski definition) is 10. The monoisotopic (exact) mass is 824 g/mol. The number of hydrogen-bond donors (Lipinski definition) is 0. The summed E-state index contributed by atoms with van der Waals surface area (Å²) in [5.74, 6) is 3.95. The number of halogens is 1. The molecule has 3 saturated heterocycles. The molecule has 0 spiro atoms. The zero-order valence-electron chi connectivity index (χ0n) is 36.0. The zero-order valence-corrected chi connectivity index (χ0v) is 37.0. The number of ether oxygens (including phenoxy) is 4. The van der Waals surface area contributed by atoms with Crippen molar-refractivity contribution in [2.75, 3.05) is 64.8 Å². The Balaban J connectivity index is 1.32. The molecule has 8 rings (SSSR count). The van der Waals surface area contributed by atoms with Gasteiger partial charge in [0.1, 0.15) is 31.8 Å². The van der Waals surface area contributed by atoms with Crippen LogP contribution in [-0.2, 0) is 9.47 Å². The van der Waals surface area contributed by atoms with Crippen molar-refractivity contribution in [3.05, 3.63) is 47.0 Å². The normalized spacial score (nSPS) is 18.7. The Morgan fingerprint density at radius 1 is 0.932 bits per heavy atom. The molecular weight excluding hydrogens is 764 g/mol. The summed E-state index contributed by atoms with van der Waals surface area (Å²) in [5, 5.41) is 1.11.